The molecule has 2 aliphatic rings. The maximum Gasteiger partial charge on any atom is 0.238 e. The van der Waals surface area contributed by atoms with E-state index in [1.807, 2.05) is 60.7 Å². The first-order chi connectivity index (χ1) is 17.5. The predicted molar refractivity (Wildman–Crippen MR) is 141 cm³/mol. The average molecular weight is 484 g/mol. The zero-order valence-electron chi connectivity index (χ0n) is 20.4. The average Bonchev–Trinajstić information content (AvgIpc) is 3.13. The van der Waals surface area contributed by atoms with Crippen LogP contribution in [0.3, 0.4) is 0 Å². The van der Waals surface area contributed by atoms with E-state index in [-0.39, 0.29) is 11.7 Å². The number of phenolic OH excluding ortho intramolecular Hbond substituents is 1. The van der Waals surface area contributed by atoms with Crippen LogP contribution in [0, 0.1) is 5.41 Å². The summed E-state index contributed by atoms with van der Waals surface area (Å²) < 4.78 is 10.7. The summed E-state index contributed by atoms with van der Waals surface area (Å²) >= 11 is 0. The van der Waals surface area contributed by atoms with Crippen molar-refractivity contribution in [3.05, 3.63) is 89.2 Å². The number of anilines is 2. The number of fused-ring (bicyclic) bond motifs is 2. The summed E-state index contributed by atoms with van der Waals surface area (Å²) in [6.45, 7) is 0.360. The Balaban J connectivity index is 1.59. The van der Waals surface area contributed by atoms with Crippen LogP contribution in [0.1, 0.15) is 36.0 Å². The lowest BCUT2D eigenvalue weighted by Gasteiger charge is -2.37. The van der Waals surface area contributed by atoms with Gasteiger partial charge >= 0.3 is 0 Å². The van der Waals surface area contributed by atoms with Gasteiger partial charge in [0.25, 0.3) is 0 Å². The molecule has 1 heterocycles. The first-order valence-electron chi connectivity index (χ1n) is 11.9. The number of benzene rings is 3. The molecule has 184 valence electrons. The van der Waals surface area contributed by atoms with Gasteiger partial charge in [0.05, 0.1) is 43.8 Å². The molecule has 0 aromatic heterocycles. The van der Waals surface area contributed by atoms with Crippen LogP contribution in [0.5, 0.6) is 11.5 Å². The fourth-order valence-corrected chi connectivity index (χ4v) is 5.14. The van der Waals surface area contributed by atoms with Crippen LogP contribution in [-0.4, -0.2) is 31.4 Å². The lowest BCUT2D eigenvalue weighted by molar-refractivity contribution is -0.126. The molecule has 5 rings (SSSR count). The van der Waals surface area contributed by atoms with Crippen molar-refractivity contribution in [2.24, 2.45) is 0 Å². The number of carbonyl (C=O) groups excluding carboxylic acids is 1. The Hall–Kier alpha value is -4.26. The number of carbonyl (C=O) groups is 1. The van der Waals surface area contributed by atoms with Gasteiger partial charge in [-0.1, -0.05) is 36.8 Å². The smallest absolute Gasteiger partial charge is 0.238 e. The molecular weight excluding hydrogens is 454 g/mol. The summed E-state index contributed by atoms with van der Waals surface area (Å²) in [5, 5.41) is 22.5. The topological polar surface area (TPSA) is 94.9 Å². The largest absolute Gasteiger partial charge is 0.506 e. The summed E-state index contributed by atoms with van der Waals surface area (Å²) in [6, 6.07) is 20.8. The van der Waals surface area contributed by atoms with Gasteiger partial charge in [-0.05, 0) is 60.4 Å². The summed E-state index contributed by atoms with van der Waals surface area (Å²) in [5.74, 6) is 1.12. The van der Waals surface area contributed by atoms with Crippen molar-refractivity contribution < 1.29 is 19.4 Å². The minimum absolute atomic E-state index is 0.0209. The molecule has 1 spiro atoms. The van der Waals surface area contributed by atoms with Gasteiger partial charge in [0, 0.05) is 11.3 Å². The van der Waals surface area contributed by atoms with E-state index in [1.165, 1.54) is 7.11 Å². The van der Waals surface area contributed by atoms with Gasteiger partial charge in [0.15, 0.2) is 5.76 Å². The fourth-order valence-electron chi connectivity index (χ4n) is 5.14. The summed E-state index contributed by atoms with van der Waals surface area (Å²) in [5.41, 5.74) is 3.73. The molecule has 1 aliphatic carbocycles. The summed E-state index contributed by atoms with van der Waals surface area (Å²) in [4.78, 5) is 15.5. The molecule has 0 bridgehead atoms. The Morgan fingerprint density at radius 3 is 2.42 bits per heavy atom. The van der Waals surface area contributed by atoms with Gasteiger partial charge in [-0.2, -0.15) is 0 Å². The molecule has 1 saturated carbocycles. The number of rotatable bonds is 8. The van der Waals surface area contributed by atoms with Crippen molar-refractivity contribution in [1.29, 1.82) is 5.41 Å². The minimum atomic E-state index is -0.634. The highest BCUT2D eigenvalue weighted by atomic mass is 16.5. The second-order valence-corrected chi connectivity index (χ2v) is 9.15. The third-order valence-corrected chi connectivity index (χ3v) is 7.17. The van der Waals surface area contributed by atoms with Crippen molar-refractivity contribution in [3.8, 4) is 11.5 Å². The molecule has 36 heavy (non-hydrogen) atoms. The van der Waals surface area contributed by atoms with Gasteiger partial charge in [0.2, 0.25) is 5.91 Å². The Morgan fingerprint density at radius 2 is 1.83 bits per heavy atom. The number of phenols is 1. The molecule has 7 heteroatoms. The van der Waals surface area contributed by atoms with Crippen LogP contribution in [0.15, 0.2) is 72.5 Å². The molecule has 1 aliphatic heterocycles. The molecule has 3 N–H and O–H groups in total. The Morgan fingerprint density at radius 1 is 1.11 bits per heavy atom. The third kappa shape index (κ3) is 3.86. The van der Waals surface area contributed by atoms with E-state index >= 15 is 0 Å². The van der Waals surface area contributed by atoms with Crippen LogP contribution in [-0.2, 0) is 21.5 Å². The van der Waals surface area contributed by atoms with Gasteiger partial charge in [-0.3, -0.25) is 4.79 Å². The maximum absolute atomic E-state index is 13.8. The molecular formula is C29H29N3O4. The zero-order chi connectivity index (χ0) is 25.3. The molecule has 1 amide bonds. The standard InChI is InChI=1S/C29H29N3O4/c1-35-22-11-9-19(10-12-22)18-32-27-23(29(28(32)34)13-6-14-29)15-20(16-24(27)33)26(25(17-30)36-2)31-21-7-4-3-5-8-21/h3-5,7-12,15-17,30-31,33H,6,13-14,18H2,1-2H3/b26-25+,30-17?. The van der Waals surface area contributed by atoms with Crippen molar-refractivity contribution >= 4 is 29.2 Å². The molecule has 3 aromatic carbocycles. The summed E-state index contributed by atoms with van der Waals surface area (Å²) in [6.07, 6.45) is 3.58. The molecule has 1 fully saturated rings. The molecule has 7 nitrogen and oxygen atoms in total. The predicted octanol–water partition coefficient (Wildman–Crippen LogP) is 5.45. The lowest BCUT2D eigenvalue weighted by atomic mass is 9.65. The SMILES string of the molecule is CO/C(C=N)=C(/Nc1ccccc1)c1cc(O)c2c(c1)C1(CCC1)C(=O)N2Cc1ccc(OC)cc1. The number of aromatic hydroxyl groups is 1. The number of methoxy groups -OCH3 is 2. The quantitative estimate of drug-likeness (QED) is 0.293. The summed E-state index contributed by atoms with van der Waals surface area (Å²) in [7, 11) is 3.13. The van der Waals surface area contributed by atoms with Crippen LogP contribution < -0.4 is 15.0 Å². The molecule has 3 aromatic rings. The number of amides is 1. The highest BCUT2D eigenvalue weighted by Gasteiger charge is 2.55. The number of hydrogen-bond acceptors (Lipinski definition) is 6. The van der Waals surface area contributed by atoms with Gasteiger partial charge in [-0.25, -0.2) is 0 Å². The molecule has 0 radical (unpaired) electrons. The van der Waals surface area contributed by atoms with Crippen LogP contribution in [0.25, 0.3) is 5.70 Å². The Bertz CT molecular complexity index is 1330. The second-order valence-electron chi connectivity index (χ2n) is 9.15. The highest BCUT2D eigenvalue weighted by Crippen LogP contribution is 2.57. The van der Waals surface area contributed by atoms with Gasteiger partial charge in [-0.15, -0.1) is 0 Å². The van der Waals surface area contributed by atoms with E-state index in [9.17, 15) is 9.90 Å². The fraction of sp³-hybridized carbons (Fsp3) is 0.241. The highest BCUT2D eigenvalue weighted by molar-refractivity contribution is 6.10. The van der Waals surface area contributed by atoms with Crippen LogP contribution >= 0.6 is 0 Å². The molecule has 0 saturated heterocycles. The van der Waals surface area contributed by atoms with Crippen LogP contribution in [0.2, 0.25) is 0 Å². The first kappa shape index (κ1) is 23.5. The Labute approximate surface area is 210 Å². The molecule has 0 unspecified atom stereocenters. The van der Waals surface area contributed by atoms with E-state index in [2.05, 4.69) is 5.32 Å². The van der Waals surface area contributed by atoms with E-state index < -0.39 is 5.41 Å². The van der Waals surface area contributed by atoms with Gasteiger partial charge < -0.3 is 30.2 Å². The van der Waals surface area contributed by atoms with Crippen molar-refractivity contribution in [2.45, 2.75) is 31.2 Å². The number of allylic oxidation sites excluding steroid dienone is 1. The Kier molecular flexibility index (Phi) is 6.14. The van der Waals surface area contributed by atoms with Crippen molar-refractivity contribution in [3.63, 3.8) is 0 Å². The van der Waals surface area contributed by atoms with E-state index in [0.717, 1.165) is 48.0 Å². The second kappa shape index (κ2) is 9.41. The number of para-hydroxylation sites is 1. The molecule has 0 atom stereocenters. The van der Waals surface area contributed by atoms with E-state index in [0.29, 0.717) is 29.3 Å². The minimum Gasteiger partial charge on any atom is -0.506 e. The van der Waals surface area contributed by atoms with Crippen molar-refractivity contribution in [2.75, 3.05) is 24.4 Å². The van der Waals surface area contributed by atoms with E-state index in [4.69, 9.17) is 14.9 Å². The normalized spacial score (nSPS) is 16.2. The van der Waals surface area contributed by atoms with Crippen LogP contribution in [0.4, 0.5) is 11.4 Å². The van der Waals surface area contributed by atoms with E-state index in [1.54, 1.807) is 18.1 Å². The number of hydrogen-bond donors (Lipinski definition) is 3. The van der Waals surface area contributed by atoms with Crippen molar-refractivity contribution in [1.82, 2.24) is 0 Å². The third-order valence-electron chi connectivity index (χ3n) is 7.17. The van der Waals surface area contributed by atoms with Gasteiger partial charge in [0.1, 0.15) is 11.5 Å². The zero-order valence-corrected chi connectivity index (χ0v) is 20.4. The maximum atomic E-state index is 13.8. The first-order valence-corrected chi connectivity index (χ1v) is 11.9. The number of nitrogens with one attached hydrogen (secondary N) is 2. The number of nitrogens with zero attached hydrogens (tertiary/aromatic N) is 1. The monoisotopic (exact) mass is 483 g/mol. The number of ether oxygens (including phenoxy) is 2. The lowest BCUT2D eigenvalue weighted by Crippen LogP contribution is -2.44.